The molecule has 1 aromatic heterocycles. The Morgan fingerprint density at radius 2 is 1.80 bits per heavy atom. The topological polar surface area (TPSA) is 59.3 Å². The summed E-state index contributed by atoms with van der Waals surface area (Å²) in [4.78, 5) is 23.6. The molecule has 0 spiro atoms. The number of aromatic nitrogens is 1. The van der Waals surface area contributed by atoms with Crippen molar-refractivity contribution in [2.45, 2.75) is 13.5 Å². The van der Waals surface area contributed by atoms with E-state index >= 15 is 0 Å². The fraction of sp³-hybridized carbons (Fsp3) is 0.125. The SMILES string of the molecule is Cc1ccc2c(=O)c3ccccc3n(CC(=O)O)c2c1. The molecule has 100 valence electrons. The summed E-state index contributed by atoms with van der Waals surface area (Å²) in [7, 11) is 0. The molecule has 0 fully saturated rings. The Morgan fingerprint density at radius 3 is 2.55 bits per heavy atom. The van der Waals surface area contributed by atoms with E-state index in [1.807, 2.05) is 25.1 Å². The van der Waals surface area contributed by atoms with Crippen LogP contribution in [-0.2, 0) is 11.3 Å². The monoisotopic (exact) mass is 267 g/mol. The van der Waals surface area contributed by atoms with E-state index in [9.17, 15) is 9.59 Å². The maximum Gasteiger partial charge on any atom is 0.323 e. The van der Waals surface area contributed by atoms with Gasteiger partial charge in [-0.3, -0.25) is 9.59 Å². The Morgan fingerprint density at radius 1 is 1.10 bits per heavy atom. The number of nitrogens with zero attached hydrogens (tertiary/aromatic N) is 1. The molecule has 0 radical (unpaired) electrons. The second-order valence-corrected chi connectivity index (χ2v) is 4.85. The van der Waals surface area contributed by atoms with Crippen LogP contribution in [0.5, 0.6) is 0 Å². The lowest BCUT2D eigenvalue weighted by Crippen LogP contribution is -2.15. The van der Waals surface area contributed by atoms with Gasteiger partial charge in [0.15, 0.2) is 5.43 Å². The van der Waals surface area contributed by atoms with Gasteiger partial charge in [0.1, 0.15) is 6.54 Å². The van der Waals surface area contributed by atoms with Crippen molar-refractivity contribution in [1.82, 2.24) is 4.57 Å². The standard InChI is InChI=1S/C16H13NO3/c1-10-6-7-12-14(8-10)17(9-15(18)19)13-5-3-2-4-11(13)16(12)20/h2-8H,9H2,1H3,(H,18,19). The number of carbonyl (C=O) groups is 1. The first kappa shape index (κ1) is 12.4. The van der Waals surface area contributed by atoms with Crippen molar-refractivity contribution in [3.05, 3.63) is 58.3 Å². The number of benzene rings is 2. The van der Waals surface area contributed by atoms with Crippen LogP contribution in [0.1, 0.15) is 5.56 Å². The molecule has 0 bridgehead atoms. The number of rotatable bonds is 2. The zero-order chi connectivity index (χ0) is 14.3. The van der Waals surface area contributed by atoms with Crippen molar-refractivity contribution in [2.75, 3.05) is 0 Å². The maximum atomic E-state index is 12.5. The summed E-state index contributed by atoms with van der Waals surface area (Å²) in [6.45, 7) is 1.75. The number of hydrogen-bond acceptors (Lipinski definition) is 2. The number of aliphatic carboxylic acids is 1. The first-order valence-corrected chi connectivity index (χ1v) is 6.31. The molecule has 0 amide bonds. The largest absolute Gasteiger partial charge is 0.480 e. The summed E-state index contributed by atoms with van der Waals surface area (Å²) in [5, 5.41) is 10.2. The van der Waals surface area contributed by atoms with Crippen LogP contribution in [0.2, 0.25) is 0 Å². The van der Waals surface area contributed by atoms with Crippen LogP contribution >= 0.6 is 0 Å². The maximum absolute atomic E-state index is 12.5. The molecular weight excluding hydrogens is 254 g/mol. The minimum atomic E-state index is -0.929. The molecule has 20 heavy (non-hydrogen) atoms. The van der Waals surface area contributed by atoms with Crippen molar-refractivity contribution in [3.63, 3.8) is 0 Å². The number of fused-ring (bicyclic) bond motifs is 2. The second-order valence-electron chi connectivity index (χ2n) is 4.85. The highest BCUT2D eigenvalue weighted by atomic mass is 16.4. The number of carboxylic acid groups (broad SMARTS) is 1. The number of pyridine rings is 1. The van der Waals surface area contributed by atoms with Crippen molar-refractivity contribution in [3.8, 4) is 0 Å². The van der Waals surface area contributed by atoms with Gasteiger partial charge < -0.3 is 9.67 Å². The number of para-hydroxylation sites is 1. The molecule has 4 heteroatoms. The average molecular weight is 267 g/mol. The van der Waals surface area contributed by atoms with Gasteiger partial charge in [-0.2, -0.15) is 0 Å². The lowest BCUT2D eigenvalue weighted by atomic mass is 10.1. The Hall–Kier alpha value is -2.62. The molecule has 3 rings (SSSR count). The highest BCUT2D eigenvalue weighted by Gasteiger charge is 2.12. The third-order valence-electron chi connectivity index (χ3n) is 3.42. The molecule has 1 N–H and O–H groups in total. The van der Waals surface area contributed by atoms with E-state index in [2.05, 4.69) is 0 Å². The van der Waals surface area contributed by atoms with Crippen molar-refractivity contribution >= 4 is 27.8 Å². The van der Waals surface area contributed by atoms with Gasteiger partial charge in [0, 0.05) is 10.8 Å². The van der Waals surface area contributed by atoms with Crippen LogP contribution in [0.15, 0.2) is 47.3 Å². The summed E-state index contributed by atoms with van der Waals surface area (Å²) in [5.41, 5.74) is 2.25. The number of carboxylic acids is 1. The van der Waals surface area contributed by atoms with Crippen molar-refractivity contribution < 1.29 is 9.90 Å². The quantitative estimate of drug-likeness (QED) is 0.726. The zero-order valence-corrected chi connectivity index (χ0v) is 11.0. The summed E-state index contributed by atoms with van der Waals surface area (Å²) in [6, 6.07) is 12.6. The molecule has 0 aliphatic heterocycles. The normalized spacial score (nSPS) is 11.1. The van der Waals surface area contributed by atoms with E-state index in [-0.39, 0.29) is 12.0 Å². The average Bonchev–Trinajstić information content (AvgIpc) is 2.43. The van der Waals surface area contributed by atoms with Gasteiger partial charge >= 0.3 is 5.97 Å². The molecule has 0 saturated carbocycles. The van der Waals surface area contributed by atoms with E-state index in [4.69, 9.17) is 5.11 Å². The predicted octanol–water partition coefficient (Wildman–Crippen LogP) is 2.55. The van der Waals surface area contributed by atoms with E-state index in [0.29, 0.717) is 21.8 Å². The minimum Gasteiger partial charge on any atom is -0.480 e. The van der Waals surface area contributed by atoms with Crippen LogP contribution in [0.4, 0.5) is 0 Å². The van der Waals surface area contributed by atoms with E-state index in [1.165, 1.54) is 0 Å². The smallest absolute Gasteiger partial charge is 0.323 e. The molecule has 0 atom stereocenters. The molecule has 4 nitrogen and oxygen atoms in total. The van der Waals surface area contributed by atoms with Crippen LogP contribution in [0, 0.1) is 6.92 Å². The van der Waals surface area contributed by atoms with Gasteiger partial charge in [0.2, 0.25) is 0 Å². The predicted molar refractivity (Wildman–Crippen MR) is 78.1 cm³/mol. The molecule has 2 aromatic carbocycles. The van der Waals surface area contributed by atoms with Gasteiger partial charge in [-0.25, -0.2) is 0 Å². The van der Waals surface area contributed by atoms with Crippen molar-refractivity contribution in [1.29, 1.82) is 0 Å². The third-order valence-corrected chi connectivity index (χ3v) is 3.42. The number of aryl methyl sites for hydroxylation is 1. The van der Waals surface area contributed by atoms with Crippen molar-refractivity contribution in [2.24, 2.45) is 0 Å². The lowest BCUT2D eigenvalue weighted by molar-refractivity contribution is -0.137. The molecule has 0 aliphatic rings. The first-order chi connectivity index (χ1) is 9.58. The van der Waals surface area contributed by atoms with Gasteiger partial charge in [-0.1, -0.05) is 18.2 Å². The van der Waals surface area contributed by atoms with E-state index < -0.39 is 5.97 Å². The second kappa shape index (κ2) is 4.49. The Labute approximate surface area is 114 Å². The van der Waals surface area contributed by atoms with Crippen LogP contribution in [0.3, 0.4) is 0 Å². The van der Waals surface area contributed by atoms with Crippen LogP contribution < -0.4 is 5.43 Å². The highest BCUT2D eigenvalue weighted by molar-refractivity contribution is 5.94. The Bertz CT molecular complexity index is 893. The third kappa shape index (κ3) is 1.86. The van der Waals surface area contributed by atoms with Crippen LogP contribution in [0.25, 0.3) is 21.8 Å². The molecule has 0 unspecified atom stereocenters. The van der Waals surface area contributed by atoms with Gasteiger partial charge in [-0.15, -0.1) is 0 Å². The Kier molecular flexibility index (Phi) is 2.79. The van der Waals surface area contributed by atoms with Gasteiger partial charge in [0.05, 0.1) is 11.0 Å². The lowest BCUT2D eigenvalue weighted by Gasteiger charge is -2.13. The van der Waals surface area contributed by atoms with Gasteiger partial charge in [0.25, 0.3) is 0 Å². The van der Waals surface area contributed by atoms with E-state index in [0.717, 1.165) is 5.56 Å². The van der Waals surface area contributed by atoms with Crippen LogP contribution in [-0.4, -0.2) is 15.6 Å². The van der Waals surface area contributed by atoms with Gasteiger partial charge in [-0.05, 0) is 36.8 Å². The highest BCUT2D eigenvalue weighted by Crippen LogP contribution is 2.20. The van der Waals surface area contributed by atoms with E-state index in [1.54, 1.807) is 28.8 Å². The minimum absolute atomic E-state index is 0.0581. The summed E-state index contributed by atoms with van der Waals surface area (Å²) in [5.74, 6) is -0.929. The molecule has 0 saturated heterocycles. The number of hydrogen-bond donors (Lipinski definition) is 1. The fourth-order valence-corrected chi connectivity index (χ4v) is 2.54. The summed E-state index contributed by atoms with van der Waals surface area (Å²) >= 11 is 0. The summed E-state index contributed by atoms with van der Waals surface area (Å²) < 4.78 is 1.68. The molecular formula is C16H13NO3. The molecule has 3 aromatic rings. The summed E-state index contributed by atoms with van der Waals surface area (Å²) in [6.07, 6.45) is 0. The molecule has 0 aliphatic carbocycles. The first-order valence-electron chi connectivity index (χ1n) is 6.31. The zero-order valence-electron chi connectivity index (χ0n) is 11.0. The Balaban J connectivity index is 2.57. The molecule has 1 heterocycles. The fourth-order valence-electron chi connectivity index (χ4n) is 2.54.